The number of halogens is 3. The van der Waals surface area contributed by atoms with Gasteiger partial charge in [0.1, 0.15) is 0 Å². The molecule has 0 radical (unpaired) electrons. The van der Waals surface area contributed by atoms with Gasteiger partial charge in [0.15, 0.2) is 11.5 Å². The number of rotatable bonds is 6. The smallest absolute Gasteiger partial charge is 0.395 e. The maximum absolute atomic E-state index is 13.3. The van der Waals surface area contributed by atoms with E-state index in [4.69, 9.17) is 16.7 Å². The van der Waals surface area contributed by atoms with Crippen LogP contribution in [-0.4, -0.2) is 32.1 Å². The van der Waals surface area contributed by atoms with Gasteiger partial charge in [-0.1, -0.05) is 23.7 Å². The van der Waals surface area contributed by atoms with Gasteiger partial charge in [0.25, 0.3) is 0 Å². The van der Waals surface area contributed by atoms with E-state index >= 15 is 0 Å². The van der Waals surface area contributed by atoms with Crippen molar-refractivity contribution in [3.8, 4) is 11.5 Å². The quantitative estimate of drug-likeness (QED) is 0.590. The first-order valence-corrected chi connectivity index (χ1v) is 9.37. The second kappa shape index (κ2) is 8.00. The minimum atomic E-state index is -3.78. The van der Waals surface area contributed by atoms with E-state index in [1.807, 2.05) is 0 Å². The second-order valence-electron chi connectivity index (χ2n) is 6.54. The number of nitrogens with one attached hydrogen (secondary N) is 1. The van der Waals surface area contributed by atoms with Crippen molar-refractivity contribution in [1.82, 2.24) is 14.1 Å². The Bertz CT molecular complexity index is 1240. The van der Waals surface area contributed by atoms with Crippen LogP contribution in [0.25, 0.3) is 0 Å². The molecule has 2 N–H and O–H groups in total. The summed E-state index contributed by atoms with van der Waals surface area (Å²) in [6.07, 6.45) is -3.78. The molecule has 1 aliphatic heterocycles. The average molecular weight is 453 g/mol. The molecular weight excluding hydrogens is 438 g/mol. The molecule has 0 spiro atoms. The Kier molecular flexibility index (Phi) is 5.38. The lowest BCUT2D eigenvalue weighted by Crippen LogP contribution is -2.43. The predicted octanol–water partition coefficient (Wildman–Crippen LogP) is 2.16. The Morgan fingerprint density at radius 1 is 1.06 bits per heavy atom. The van der Waals surface area contributed by atoms with Crippen molar-refractivity contribution >= 4 is 23.2 Å². The predicted molar refractivity (Wildman–Crippen MR) is 106 cm³/mol. The van der Waals surface area contributed by atoms with E-state index in [-0.39, 0.29) is 36.2 Å². The van der Waals surface area contributed by atoms with Crippen LogP contribution in [0.4, 0.5) is 20.4 Å². The van der Waals surface area contributed by atoms with Gasteiger partial charge in [-0.3, -0.25) is 4.57 Å². The van der Waals surface area contributed by atoms with Gasteiger partial charge in [0.05, 0.1) is 19.7 Å². The molecule has 3 aromatic rings. The number of hydrogen-bond acceptors (Lipinski definition) is 7. The summed E-state index contributed by atoms with van der Waals surface area (Å²) in [5.41, 5.74) is -0.660. The van der Waals surface area contributed by atoms with Crippen molar-refractivity contribution < 1.29 is 23.4 Å². The van der Waals surface area contributed by atoms with Gasteiger partial charge >= 0.3 is 17.7 Å². The van der Waals surface area contributed by atoms with Crippen LogP contribution in [0.1, 0.15) is 5.56 Å². The van der Waals surface area contributed by atoms with Gasteiger partial charge in [0.2, 0.25) is 5.95 Å². The van der Waals surface area contributed by atoms with Crippen molar-refractivity contribution in [3.63, 3.8) is 0 Å². The molecule has 0 saturated carbocycles. The van der Waals surface area contributed by atoms with Gasteiger partial charge in [0, 0.05) is 16.8 Å². The molecule has 0 fully saturated rings. The highest BCUT2D eigenvalue weighted by Gasteiger charge is 2.43. The van der Waals surface area contributed by atoms with E-state index in [0.29, 0.717) is 10.6 Å². The molecule has 1 aromatic heterocycles. The van der Waals surface area contributed by atoms with Crippen LogP contribution in [0.5, 0.6) is 11.5 Å². The maximum atomic E-state index is 13.3. The molecule has 2 aromatic carbocycles. The molecule has 0 amide bonds. The second-order valence-corrected chi connectivity index (χ2v) is 6.98. The summed E-state index contributed by atoms with van der Waals surface area (Å²) in [6, 6.07) is 10.6. The molecule has 12 heteroatoms. The lowest BCUT2D eigenvalue weighted by Gasteiger charge is -2.15. The van der Waals surface area contributed by atoms with E-state index in [1.54, 1.807) is 24.3 Å². The number of fused-ring (bicyclic) bond motifs is 1. The first-order valence-electron chi connectivity index (χ1n) is 8.99. The molecule has 4 rings (SSSR count). The standard InChI is InChI=1S/C19H15ClF2N4O5/c20-12-3-1-11(2-4-12)10-26-16(24-17(28)25(7-8-27)18(26)29)23-13-5-6-14-15(9-13)31-19(21,22)30-14/h1-6,9,27H,7-8,10H2,(H,23,24,28). The normalized spacial score (nSPS) is 13.9. The van der Waals surface area contributed by atoms with Crippen LogP contribution in [-0.2, 0) is 13.1 Å². The lowest BCUT2D eigenvalue weighted by atomic mass is 10.2. The number of aliphatic hydroxyl groups excluding tert-OH is 1. The summed E-state index contributed by atoms with van der Waals surface area (Å²) in [7, 11) is 0. The Morgan fingerprint density at radius 2 is 1.77 bits per heavy atom. The van der Waals surface area contributed by atoms with Crippen LogP contribution < -0.4 is 26.2 Å². The number of aromatic nitrogens is 3. The Hall–Kier alpha value is -3.44. The van der Waals surface area contributed by atoms with E-state index in [9.17, 15) is 18.4 Å². The molecule has 0 bridgehead atoms. The third-order valence-corrected chi connectivity index (χ3v) is 4.64. The van der Waals surface area contributed by atoms with E-state index in [1.165, 1.54) is 22.8 Å². The van der Waals surface area contributed by atoms with Crippen LogP contribution >= 0.6 is 11.6 Å². The molecule has 0 saturated heterocycles. The lowest BCUT2D eigenvalue weighted by molar-refractivity contribution is -0.286. The molecular formula is C19H15ClF2N4O5. The number of nitrogens with zero attached hydrogens (tertiary/aromatic N) is 3. The average Bonchev–Trinajstić information content (AvgIpc) is 3.02. The number of aliphatic hydroxyl groups is 1. The Balaban J connectivity index is 1.74. The summed E-state index contributed by atoms with van der Waals surface area (Å²) in [5, 5.41) is 12.5. The summed E-state index contributed by atoms with van der Waals surface area (Å²) < 4.78 is 37.3. The first kappa shape index (κ1) is 20.8. The number of alkyl halides is 2. The highest BCUT2D eigenvalue weighted by molar-refractivity contribution is 6.30. The van der Waals surface area contributed by atoms with Crippen LogP contribution in [0.2, 0.25) is 5.02 Å². The number of benzene rings is 2. The SMILES string of the molecule is O=c1nc(Nc2ccc3c(c2)OC(F)(F)O3)n(Cc2ccc(Cl)cc2)c(=O)n1CCO. The summed E-state index contributed by atoms with van der Waals surface area (Å²) >= 11 is 5.90. The number of hydrogen-bond donors (Lipinski definition) is 2. The topological polar surface area (TPSA) is 108 Å². The van der Waals surface area contributed by atoms with E-state index in [2.05, 4.69) is 19.8 Å². The molecule has 162 valence electrons. The Labute approximate surface area is 178 Å². The van der Waals surface area contributed by atoms with Gasteiger partial charge in [-0.2, -0.15) is 4.98 Å². The Morgan fingerprint density at radius 3 is 2.48 bits per heavy atom. The first-order chi connectivity index (χ1) is 14.8. The van der Waals surface area contributed by atoms with Crippen LogP contribution in [0, 0.1) is 0 Å². The molecule has 1 aliphatic rings. The van der Waals surface area contributed by atoms with Gasteiger partial charge in [-0.15, -0.1) is 8.78 Å². The van der Waals surface area contributed by atoms with Crippen molar-refractivity contribution in [3.05, 3.63) is 74.0 Å². The zero-order valence-corrected chi connectivity index (χ0v) is 16.5. The van der Waals surface area contributed by atoms with Gasteiger partial charge in [-0.05, 0) is 29.8 Å². The largest absolute Gasteiger partial charge is 0.586 e. The van der Waals surface area contributed by atoms with Crippen molar-refractivity contribution in [1.29, 1.82) is 0 Å². The third-order valence-electron chi connectivity index (χ3n) is 4.38. The monoisotopic (exact) mass is 452 g/mol. The van der Waals surface area contributed by atoms with Gasteiger partial charge < -0.3 is 19.9 Å². The van der Waals surface area contributed by atoms with E-state index in [0.717, 1.165) is 4.57 Å². The fraction of sp³-hybridized carbons (Fsp3) is 0.211. The van der Waals surface area contributed by atoms with Gasteiger partial charge in [-0.25, -0.2) is 14.2 Å². The fourth-order valence-corrected chi connectivity index (χ4v) is 3.11. The van der Waals surface area contributed by atoms with E-state index < -0.39 is 24.3 Å². The molecule has 0 atom stereocenters. The zero-order chi connectivity index (χ0) is 22.2. The molecule has 0 aliphatic carbocycles. The van der Waals surface area contributed by atoms with Crippen molar-refractivity contribution in [2.24, 2.45) is 0 Å². The highest BCUT2D eigenvalue weighted by atomic mass is 35.5. The van der Waals surface area contributed by atoms with Crippen LogP contribution in [0.3, 0.4) is 0 Å². The molecule has 31 heavy (non-hydrogen) atoms. The number of ether oxygens (including phenoxy) is 2. The minimum Gasteiger partial charge on any atom is -0.395 e. The minimum absolute atomic E-state index is 0.0274. The van der Waals surface area contributed by atoms with Crippen molar-refractivity contribution in [2.45, 2.75) is 19.4 Å². The summed E-state index contributed by atoms with van der Waals surface area (Å²) in [4.78, 5) is 29.1. The zero-order valence-electron chi connectivity index (χ0n) is 15.7. The van der Waals surface area contributed by atoms with Crippen LogP contribution in [0.15, 0.2) is 52.1 Å². The molecule has 2 heterocycles. The molecule has 9 nitrogen and oxygen atoms in total. The highest BCUT2D eigenvalue weighted by Crippen LogP contribution is 2.42. The maximum Gasteiger partial charge on any atom is 0.586 e. The molecule has 0 unspecified atom stereocenters. The number of anilines is 2. The summed E-state index contributed by atoms with van der Waals surface area (Å²) in [5.74, 6) is -0.486. The van der Waals surface area contributed by atoms with Crippen molar-refractivity contribution in [2.75, 3.05) is 11.9 Å². The summed E-state index contributed by atoms with van der Waals surface area (Å²) in [6.45, 7) is -0.634. The third kappa shape index (κ3) is 4.37. The fourth-order valence-electron chi connectivity index (χ4n) is 2.99.